The van der Waals surface area contributed by atoms with Crippen molar-refractivity contribution in [3.8, 4) is 0 Å². The molecule has 0 spiro atoms. The monoisotopic (exact) mass is 715 g/mol. The fourth-order valence-corrected chi connectivity index (χ4v) is 6.18. The van der Waals surface area contributed by atoms with Crippen LogP contribution >= 0.6 is 7.82 Å². The number of rotatable bonds is 37. The third-order valence-electron chi connectivity index (χ3n) is 8.83. The van der Waals surface area contributed by atoms with E-state index in [1.54, 1.807) is 6.08 Å². The highest BCUT2D eigenvalue weighted by Gasteiger charge is 2.22. The fraction of sp³-hybridized carbons (Fsp3) is 0.850. The zero-order valence-electron chi connectivity index (χ0n) is 31.6. The van der Waals surface area contributed by atoms with Gasteiger partial charge in [-0.2, -0.15) is 0 Å². The lowest BCUT2D eigenvalue weighted by atomic mass is 10.0. The third-order valence-corrected chi connectivity index (χ3v) is 9.31. The van der Waals surface area contributed by atoms with Crippen molar-refractivity contribution in [3.63, 3.8) is 0 Å². The van der Waals surface area contributed by atoms with Crippen LogP contribution in [-0.2, 0) is 28.2 Å². The molecule has 0 aliphatic heterocycles. The van der Waals surface area contributed by atoms with E-state index >= 15 is 0 Å². The molecule has 0 saturated heterocycles. The van der Waals surface area contributed by atoms with Crippen LogP contribution in [0.4, 0.5) is 0 Å². The smallest absolute Gasteiger partial charge is 0.458 e. The second kappa shape index (κ2) is 36.3. The minimum absolute atomic E-state index is 0.197. The highest BCUT2D eigenvalue weighted by Crippen LogP contribution is 2.36. The number of esters is 2. The van der Waals surface area contributed by atoms with Crippen molar-refractivity contribution in [2.75, 3.05) is 13.2 Å². The van der Waals surface area contributed by atoms with Crippen molar-refractivity contribution >= 4 is 19.8 Å². The maximum atomic E-state index is 12.4. The Morgan fingerprint density at radius 2 is 0.980 bits per heavy atom. The molecule has 0 aromatic rings. The molecule has 8 nitrogen and oxygen atoms in total. The van der Waals surface area contributed by atoms with Gasteiger partial charge in [0, 0.05) is 12.5 Å². The fourth-order valence-electron chi connectivity index (χ4n) is 5.82. The summed E-state index contributed by atoms with van der Waals surface area (Å²) < 4.78 is 26.2. The van der Waals surface area contributed by atoms with E-state index in [2.05, 4.69) is 18.4 Å². The molecule has 2 N–H and O–H groups in total. The standard InChI is InChI=1S/C40H75O8P/c1-3-5-7-9-11-13-15-17-19-21-23-25-27-29-31-33-35-40(42)48-38(37-47-49(43,44)45)36-46-39(41)34-32-30-28-26-24-22-20-18-16-14-12-10-8-6-4-2/h28,30,32,34,38H,3-27,29,31,33,35-37H2,1-2H3,(H2,43,44,45)/b30-28+,34-32+/t38-/m1/s1. The SMILES string of the molecule is CCCCCCCCCCCCC/C=C/C=C/C(=O)OC[C@H](COP(=O)(O)O)OC(=O)CCCCCCCCCCCCCCCCCC. The summed E-state index contributed by atoms with van der Waals surface area (Å²) >= 11 is 0. The molecule has 0 aliphatic carbocycles. The summed E-state index contributed by atoms with van der Waals surface area (Å²) in [6, 6.07) is 0. The maximum absolute atomic E-state index is 12.4. The number of allylic oxidation sites excluding steroid dienone is 3. The molecule has 0 aromatic carbocycles. The van der Waals surface area contributed by atoms with Crippen molar-refractivity contribution < 1.29 is 37.9 Å². The number of ether oxygens (including phenoxy) is 2. The van der Waals surface area contributed by atoms with Crippen LogP contribution in [0.2, 0.25) is 0 Å². The van der Waals surface area contributed by atoms with Gasteiger partial charge in [-0.1, -0.05) is 193 Å². The molecule has 0 radical (unpaired) electrons. The topological polar surface area (TPSA) is 119 Å². The molecular weight excluding hydrogens is 639 g/mol. The Kier molecular flexibility index (Phi) is 35.2. The zero-order chi connectivity index (χ0) is 36.1. The lowest BCUT2D eigenvalue weighted by Gasteiger charge is -2.18. The van der Waals surface area contributed by atoms with Gasteiger partial charge in [0.1, 0.15) is 6.61 Å². The zero-order valence-corrected chi connectivity index (χ0v) is 32.5. The Balaban J connectivity index is 4.00. The first-order valence-electron chi connectivity index (χ1n) is 20.2. The van der Waals surface area contributed by atoms with Gasteiger partial charge in [0.25, 0.3) is 0 Å². The normalized spacial score (nSPS) is 12.7. The minimum Gasteiger partial charge on any atom is -0.458 e. The van der Waals surface area contributed by atoms with E-state index in [4.69, 9.17) is 19.3 Å². The highest BCUT2D eigenvalue weighted by atomic mass is 31.2. The highest BCUT2D eigenvalue weighted by molar-refractivity contribution is 7.46. The number of carbonyl (C=O) groups is 2. The Morgan fingerprint density at radius 1 is 0.571 bits per heavy atom. The van der Waals surface area contributed by atoms with Crippen LogP contribution in [-0.4, -0.2) is 41.0 Å². The molecule has 0 unspecified atom stereocenters. The average Bonchev–Trinajstić information content (AvgIpc) is 3.07. The van der Waals surface area contributed by atoms with Crippen molar-refractivity contribution in [3.05, 3.63) is 24.3 Å². The summed E-state index contributed by atoms with van der Waals surface area (Å²) in [4.78, 5) is 42.6. The van der Waals surface area contributed by atoms with E-state index < -0.39 is 32.5 Å². The van der Waals surface area contributed by atoms with Crippen LogP contribution in [0.5, 0.6) is 0 Å². The van der Waals surface area contributed by atoms with Gasteiger partial charge >= 0.3 is 19.8 Å². The predicted molar refractivity (Wildman–Crippen MR) is 202 cm³/mol. The van der Waals surface area contributed by atoms with Crippen LogP contribution in [0.1, 0.15) is 200 Å². The van der Waals surface area contributed by atoms with Gasteiger partial charge in [-0.05, 0) is 19.3 Å². The summed E-state index contributed by atoms with van der Waals surface area (Å²) in [5, 5.41) is 0. The van der Waals surface area contributed by atoms with Gasteiger partial charge < -0.3 is 19.3 Å². The second-order valence-corrected chi connectivity index (χ2v) is 14.9. The molecule has 49 heavy (non-hydrogen) atoms. The maximum Gasteiger partial charge on any atom is 0.469 e. The number of phosphoric acid groups is 1. The summed E-state index contributed by atoms with van der Waals surface area (Å²) in [7, 11) is -4.77. The van der Waals surface area contributed by atoms with Crippen LogP contribution in [0.3, 0.4) is 0 Å². The minimum atomic E-state index is -4.77. The quantitative estimate of drug-likeness (QED) is 0.0214. The molecule has 0 saturated carbocycles. The largest absolute Gasteiger partial charge is 0.469 e. The van der Waals surface area contributed by atoms with E-state index in [0.29, 0.717) is 6.42 Å². The lowest BCUT2D eigenvalue weighted by Crippen LogP contribution is -2.29. The Morgan fingerprint density at radius 3 is 1.41 bits per heavy atom. The molecule has 9 heteroatoms. The van der Waals surface area contributed by atoms with Crippen LogP contribution < -0.4 is 0 Å². The Labute approximate surface area is 300 Å². The number of hydrogen-bond donors (Lipinski definition) is 2. The molecular formula is C40H75O8P. The first-order chi connectivity index (χ1) is 23.8. The molecule has 0 amide bonds. The summed E-state index contributed by atoms with van der Waals surface area (Å²) in [6.45, 7) is 3.59. The lowest BCUT2D eigenvalue weighted by molar-refractivity contribution is -0.159. The molecule has 1 atom stereocenters. The first-order valence-corrected chi connectivity index (χ1v) is 21.7. The molecule has 0 aliphatic rings. The number of hydrogen-bond acceptors (Lipinski definition) is 6. The van der Waals surface area contributed by atoms with Crippen molar-refractivity contribution in [1.82, 2.24) is 0 Å². The van der Waals surface area contributed by atoms with E-state index in [9.17, 15) is 14.2 Å². The summed E-state index contributed by atoms with van der Waals surface area (Å²) in [5.74, 6) is -1.13. The first kappa shape index (κ1) is 47.5. The van der Waals surface area contributed by atoms with E-state index in [1.165, 1.54) is 147 Å². The van der Waals surface area contributed by atoms with Crippen LogP contribution in [0.15, 0.2) is 24.3 Å². The van der Waals surface area contributed by atoms with Crippen molar-refractivity contribution in [2.24, 2.45) is 0 Å². The molecule has 0 rings (SSSR count). The van der Waals surface area contributed by atoms with Crippen molar-refractivity contribution in [1.29, 1.82) is 0 Å². The third kappa shape index (κ3) is 39.2. The van der Waals surface area contributed by atoms with Gasteiger partial charge in [-0.3, -0.25) is 9.32 Å². The van der Waals surface area contributed by atoms with Gasteiger partial charge in [-0.15, -0.1) is 0 Å². The Bertz CT molecular complexity index is 853. The second-order valence-electron chi connectivity index (χ2n) is 13.7. The molecule has 0 aromatic heterocycles. The van der Waals surface area contributed by atoms with Gasteiger partial charge in [0.15, 0.2) is 6.10 Å². The number of unbranched alkanes of at least 4 members (excludes halogenated alkanes) is 26. The number of carbonyl (C=O) groups excluding carboxylic acids is 2. The van der Waals surface area contributed by atoms with Gasteiger partial charge in [-0.25, -0.2) is 9.36 Å². The Hall–Kier alpha value is -1.47. The summed E-state index contributed by atoms with van der Waals surface area (Å²) in [5.41, 5.74) is 0. The van der Waals surface area contributed by atoms with Gasteiger partial charge in [0.2, 0.25) is 0 Å². The van der Waals surface area contributed by atoms with Crippen LogP contribution in [0.25, 0.3) is 0 Å². The van der Waals surface area contributed by atoms with E-state index in [0.717, 1.165) is 32.1 Å². The number of phosphoric ester groups is 1. The molecule has 0 bridgehead atoms. The average molecular weight is 715 g/mol. The molecule has 288 valence electrons. The predicted octanol–water partition coefficient (Wildman–Crippen LogP) is 12.0. The van der Waals surface area contributed by atoms with E-state index in [-0.39, 0.29) is 13.0 Å². The van der Waals surface area contributed by atoms with Crippen molar-refractivity contribution in [2.45, 2.75) is 206 Å². The molecule has 0 fully saturated rings. The van der Waals surface area contributed by atoms with E-state index in [1.807, 2.05) is 12.2 Å². The van der Waals surface area contributed by atoms with Crippen LogP contribution in [0, 0.1) is 0 Å². The summed E-state index contributed by atoms with van der Waals surface area (Å²) in [6.07, 6.45) is 41.0. The van der Waals surface area contributed by atoms with Gasteiger partial charge in [0.05, 0.1) is 6.61 Å². The molecule has 0 heterocycles.